The maximum atomic E-state index is 12.6. The van der Waals surface area contributed by atoms with Crippen LogP contribution in [0.5, 0.6) is 0 Å². The van der Waals surface area contributed by atoms with Crippen LogP contribution in [0.15, 0.2) is 60.7 Å². The minimum atomic E-state index is -0.256. The summed E-state index contributed by atoms with van der Waals surface area (Å²) in [5.74, 6) is -0.204. The molecule has 3 nitrogen and oxygen atoms in total. The molecule has 23 heavy (non-hydrogen) atoms. The molecule has 0 atom stereocenters. The largest absolute Gasteiger partial charge is 0.354 e. The predicted molar refractivity (Wildman–Crippen MR) is 98.1 cm³/mol. The third kappa shape index (κ3) is 6.05. The van der Waals surface area contributed by atoms with E-state index in [1.165, 1.54) is 0 Å². The zero-order valence-electron chi connectivity index (χ0n) is 13.5. The minimum Gasteiger partial charge on any atom is -0.354 e. The summed E-state index contributed by atoms with van der Waals surface area (Å²) < 4.78 is 0. The van der Waals surface area contributed by atoms with Gasteiger partial charge in [0, 0.05) is 13.1 Å². The molecule has 0 saturated heterocycles. The van der Waals surface area contributed by atoms with Crippen LogP contribution in [0.2, 0.25) is 0 Å². The van der Waals surface area contributed by atoms with Gasteiger partial charge in [-0.1, -0.05) is 67.6 Å². The van der Waals surface area contributed by atoms with Crippen LogP contribution in [0.3, 0.4) is 0 Å². The van der Waals surface area contributed by atoms with Crippen LogP contribution in [0.4, 0.5) is 0 Å². The fraction of sp³-hybridized carbons (Fsp3) is 0.316. The first kappa shape index (κ1) is 19.2. The molecule has 0 radical (unpaired) electrons. The number of benzene rings is 2. The fourth-order valence-corrected chi connectivity index (χ4v) is 2.46. The number of carbonyl (C=O) groups excluding carboxylic acids is 1. The number of hydrogen-bond acceptors (Lipinski definition) is 2. The highest BCUT2D eigenvalue weighted by Gasteiger charge is 2.21. The Labute approximate surface area is 144 Å². The van der Waals surface area contributed by atoms with Crippen LogP contribution in [-0.4, -0.2) is 25.5 Å². The average molecular weight is 333 g/mol. The maximum absolute atomic E-state index is 12.6. The molecule has 0 heterocycles. The van der Waals surface area contributed by atoms with Crippen molar-refractivity contribution in [3.8, 4) is 0 Å². The van der Waals surface area contributed by atoms with Gasteiger partial charge in [0.05, 0.1) is 5.92 Å². The van der Waals surface area contributed by atoms with Gasteiger partial charge in [-0.3, -0.25) is 4.79 Å². The van der Waals surface area contributed by atoms with Gasteiger partial charge in [-0.15, -0.1) is 12.4 Å². The molecule has 1 amide bonds. The zero-order valence-corrected chi connectivity index (χ0v) is 14.3. The molecular formula is C19H25ClN2O. The quantitative estimate of drug-likeness (QED) is 0.728. The molecule has 0 aliphatic rings. The highest BCUT2D eigenvalue weighted by molar-refractivity contribution is 5.87. The normalized spacial score (nSPS) is 10.2. The Morgan fingerprint density at radius 3 is 1.87 bits per heavy atom. The van der Waals surface area contributed by atoms with Gasteiger partial charge in [-0.2, -0.15) is 0 Å². The maximum Gasteiger partial charge on any atom is 0.232 e. The van der Waals surface area contributed by atoms with E-state index < -0.39 is 0 Å². The number of rotatable bonds is 8. The van der Waals surface area contributed by atoms with Crippen molar-refractivity contribution in [3.05, 3.63) is 71.8 Å². The summed E-state index contributed by atoms with van der Waals surface area (Å²) in [6.45, 7) is 4.56. The van der Waals surface area contributed by atoms with E-state index in [9.17, 15) is 4.79 Å². The lowest BCUT2D eigenvalue weighted by Crippen LogP contribution is -2.35. The van der Waals surface area contributed by atoms with E-state index in [1.807, 2.05) is 60.7 Å². The number of carbonyl (C=O) groups is 1. The molecule has 2 rings (SSSR count). The summed E-state index contributed by atoms with van der Waals surface area (Å²) in [5, 5.41) is 6.33. The Kier molecular flexibility index (Phi) is 9.03. The Morgan fingerprint density at radius 1 is 0.870 bits per heavy atom. The van der Waals surface area contributed by atoms with Crippen molar-refractivity contribution < 1.29 is 4.79 Å². The molecular weight excluding hydrogens is 308 g/mol. The van der Waals surface area contributed by atoms with Crippen LogP contribution < -0.4 is 10.6 Å². The van der Waals surface area contributed by atoms with E-state index in [4.69, 9.17) is 0 Å². The lowest BCUT2D eigenvalue weighted by atomic mass is 9.90. The molecule has 2 aromatic rings. The van der Waals surface area contributed by atoms with Gasteiger partial charge in [0.1, 0.15) is 0 Å². The van der Waals surface area contributed by atoms with Gasteiger partial charge in [-0.05, 0) is 24.1 Å². The van der Waals surface area contributed by atoms with Crippen LogP contribution in [-0.2, 0) is 4.79 Å². The summed E-state index contributed by atoms with van der Waals surface area (Å²) in [4.78, 5) is 12.6. The van der Waals surface area contributed by atoms with Crippen molar-refractivity contribution in [2.75, 3.05) is 19.6 Å². The first-order chi connectivity index (χ1) is 10.8. The van der Waals surface area contributed by atoms with Crippen LogP contribution in [0, 0.1) is 0 Å². The van der Waals surface area contributed by atoms with E-state index in [2.05, 4.69) is 17.6 Å². The van der Waals surface area contributed by atoms with Crippen LogP contribution in [0.25, 0.3) is 0 Å². The molecule has 0 aliphatic carbocycles. The van der Waals surface area contributed by atoms with E-state index in [0.29, 0.717) is 6.54 Å². The smallest absolute Gasteiger partial charge is 0.232 e. The Morgan fingerprint density at radius 2 is 1.39 bits per heavy atom. The molecule has 0 fully saturated rings. The lowest BCUT2D eigenvalue weighted by Gasteiger charge is -2.18. The summed E-state index contributed by atoms with van der Waals surface area (Å²) in [6.07, 6.45) is 1.10. The van der Waals surface area contributed by atoms with E-state index in [0.717, 1.165) is 30.6 Å². The lowest BCUT2D eigenvalue weighted by molar-refractivity contribution is -0.121. The second-order valence-electron chi connectivity index (χ2n) is 5.30. The molecule has 0 bridgehead atoms. The summed E-state index contributed by atoms with van der Waals surface area (Å²) >= 11 is 0. The minimum absolute atomic E-state index is 0. The molecule has 0 spiro atoms. The molecule has 124 valence electrons. The van der Waals surface area contributed by atoms with Crippen molar-refractivity contribution in [3.63, 3.8) is 0 Å². The van der Waals surface area contributed by atoms with Crippen molar-refractivity contribution in [1.82, 2.24) is 10.6 Å². The standard InChI is InChI=1S/C19H24N2O.ClH/c1-2-13-20-14-15-21-19(22)18(16-9-5-3-6-10-16)17-11-7-4-8-12-17;/h3-12,18,20H,2,13-15H2,1H3,(H,21,22);1H. The summed E-state index contributed by atoms with van der Waals surface area (Å²) in [7, 11) is 0. The Bertz CT molecular complexity index is 521. The van der Waals surface area contributed by atoms with Gasteiger partial charge in [-0.25, -0.2) is 0 Å². The molecule has 0 unspecified atom stereocenters. The number of halogens is 1. The number of nitrogens with one attached hydrogen (secondary N) is 2. The summed E-state index contributed by atoms with van der Waals surface area (Å²) in [5.41, 5.74) is 2.04. The third-order valence-corrected chi connectivity index (χ3v) is 3.56. The fourth-order valence-electron chi connectivity index (χ4n) is 2.46. The van der Waals surface area contributed by atoms with Gasteiger partial charge in [0.25, 0.3) is 0 Å². The topological polar surface area (TPSA) is 41.1 Å². The first-order valence-electron chi connectivity index (χ1n) is 7.91. The SMILES string of the molecule is CCCNCCNC(=O)C(c1ccccc1)c1ccccc1.Cl. The predicted octanol–water partition coefficient (Wildman–Crippen LogP) is 3.36. The van der Waals surface area contributed by atoms with Crippen molar-refractivity contribution in [2.45, 2.75) is 19.3 Å². The highest BCUT2D eigenvalue weighted by atomic mass is 35.5. The molecule has 0 saturated carbocycles. The van der Waals surface area contributed by atoms with E-state index >= 15 is 0 Å². The van der Waals surface area contributed by atoms with Crippen LogP contribution in [0.1, 0.15) is 30.4 Å². The Hall–Kier alpha value is -1.84. The third-order valence-electron chi connectivity index (χ3n) is 3.56. The molecule has 0 aromatic heterocycles. The molecule has 2 N–H and O–H groups in total. The van der Waals surface area contributed by atoms with Gasteiger partial charge >= 0.3 is 0 Å². The molecule has 0 aliphatic heterocycles. The van der Waals surface area contributed by atoms with E-state index in [-0.39, 0.29) is 24.2 Å². The summed E-state index contributed by atoms with van der Waals surface area (Å²) in [6, 6.07) is 19.9. The second kappa shape index (κ2) is 10.8. The monoisotopic (exact) mass is 332 g/mol. The van der Waals surface area contributed by atoms with Gasteiger partial charge in [0.15, 0.2) is 0 Å². The highest BCUT2D eigenvalue weighted by Crippen LogP contribution is 2.24. The number of amides is 1. The first-order valence-corrected chi connectivity index (χ1v) is 7.91. The average Bonchev–Trinajstić information content (AvgIpc) is 2.57. The van der Waals surface area contributed by atoms with Crippen molar-refractivity contribution in [1.29, 1.82) is 0 Å². The zero-order chi connectivity index (χ0) is 15.6. The second-order valence-corrected chi connectivity index (χ2v) is 5.30. The van der Waals surface area contributed by atoms with Gasteiger partial charge in [0.2, 0.25) is 5.91 Å². The molecule has 4 heteroatoms. The Balaban J connectivity index is 0.00000264. The van der Waals surface area contributed by atoms with Crippen molar-refractivity contribution >= 4 is 18.3 Å². The van der Waals surface area contributed by atoms with Gasteiger partial charge < -0.3 is 10.6 Å². The van der Waals surface area contributed by atoms with Crippen LogP contribution >= 0.6 is 12.4 Å². The molecule has 2 aromatic carbocycles. The van der Waals surface area contributed by atoms with Crippen molar-refractivity contribution in [2.24, 2.45) is 0 Å². The van der Waals surface area contributed by atoms with E-state index in [1.54, 1.807) is 0 Å². The number of hydrogen-bond donors (Lipinski definition) is 2.